The first-order valence-corrected chi connectivity index (χ1v) is 10.0. The molecule has 1 amide bonds. The highest BCUT2D eigenvalue weighted by molar-refractivity contribution is 6.30. The van der Waals surface area contributed by atoms with Gasteiger partial charge in [0, 0.05) is 15.6 Å². The number of nitrogens with zero attached hydrogens (tertiary/aromatic N) is 3. The van der Waals surface area contributed by atoms with Crippen LogP contribution in [-0.2, 0) is 0 Å². The van der Waals surface area contributed by atoms with Crippen molar-refractivity contribution in [1.29, 1.82) is 0 Å². The Labute approximate surface area is 190 Å². The molecule has 3 rings (SSSR count). The lowest BCUT2D eigenvalue weighted by Gasteiger charge is -2.05. The fraction of sp³-hybridized carbons (Fsp3) is 0.0435. The topological polar surface area (TPSA) is 78.2 Å². The maximum Gasteiger partial charge on any atom is 0.280 e. The van der Waals surface area contributed by atoms with Crippen LogP contribution >= 0.6 is 23.2 Å². The SMILES string of the molecule is Cc1ccc(C(=O)N=C(NN=Cc2ccc(Cl)cc2)NN=Cc2ccc(Cl)cc2)cc1. The van der Waals surface area contributed by atoms with E-state index >= 15 is 0 Å². The van der Waals surface area contributed by atoms with Gasteiger partial charge in [-0.2, -0.15) is 15.2 Å². The molecule has 0 aliphatic carbocycles. The predicted octanol–water partition coefficient (Wildman–Crippen LogP) is 5.05. The first-order valence-electron chi connectivity index (χ1n) is 9.28. The zero-order chi connectivity index (χ0) is 22.1. The van der Waals surface area contributed by atoms with Gasteiger partial charge in [0.25, 0.3) is 5.91 Å². The number of carbonyl (C=O) groups is 1. The standard InChI is InChI=1S/C23H19Cl2N5O/c1-16-2-8-19(9-3-16)22(31)28-23(29-26-14-17-4-10-20(24)11-5-17)30-27-15-18-6-12-21(25)13-7-18/h2-15H,1H3,(H2,28,29,30,31). The zero-order valence-electron chi connectivity index (χ0n) is 16.6. The first kappa shape index (κ1) is 22.2. The highest BCUT2D eigenvalue weighted by Crippen LogP contribution is 2.09. The Balaban J connectivity index is 1.74. The van der Waals surface area contributed by atoms with E-state index in [-0.39, 0.29) is 5.96 Å². The molecule has 0 spiro atoms. The van der Waals surface area contributed by atoms with Gasteiger partial charge in [-0.25, -0.2) is 10.9 Å². The lowest BCUT2D eigenvalue weighted by atomic mass is 10.1. The maximum absolute atomic E-state index is 12.5. The van der Waals surface area contributed by atoms with Crippen LogP contribution in [0.25, 0.3) is 0 Å². The van der Waals surface area contributed by atoms with Gasteiger partial charge in [0.2, 0.25) is 5.96 Å². The van der Waals surface area contributed by atoms with E-state index < -0.39 is 5.91 Å². The van der Waals surface area contributed by atoms with Gasteiger partial charge in [0.15, 0.2) is 0 Å². The molecule has 0 saturated heterocycles. The second-order valence-corrected chi connectivity index (χ2v) is 7.35. The van der Waals surface area contributed by atoms with Crippen molar-refractivity contribution in [2.24, 2.45) is 15.2 Å². The van der Waals surface area contributed by atoms with Crippen molar-refractivity contribution >= 4 is 47.5 Å². The lowest BCUT2D eigenvalue weighted by Crippen LogP contribution is -2.32. The summed E-state index contributed by atoms with van der Waals surface area (Å²) in [6.45, 7) is 1.95. The van der Waals surface area contributed by atoms with Crippen molar-refractivity contribution < 1.29 is 4.79 Å². The Kier molecular flexibility index (Phi) is 7.92. The van der Waals surface area contributed by atoms with Gasteiger partial charge in [-0.3, -0.25) is 4.79 Å². The number of aliphatic imine (C=N–C) groups is 1. The van der Waals surface area contributed by atoms with Gasteiger partial charge < -0.3 is 0 Å². The molecule has 8 heteroatoms. The highest BCUT2D eigenvalue weighted by atomic mass is 35.5. The average molecular weight is 452 g/mol. The van der Waals surface area contributed by atoms with Crippen molar-refractivity contribution in [1.82, 2.24) is 10.9 Å². The summed E-state index contributed by atoms with van der Waals surface area (Å²) < 4.78 is 0. The number of hydrazone groups is 2. The number of guanidine groups is 1. The van der Waals surface area contributed by atoms with E-state index in [0.29, 0.717) is 15.6 Å². The van der Waals surface area contributed by atoms with E-state index in [1.807, 2.05) is 43.3 Å². The van der Waals surface area contributed by atoms with Gasteiger partial charge in [-0.05, 0) is 54.4 Å². The average Bonchev–Trinajstić information content (AvgIpc) is 2.77. The van der Waals surface area contributed by atoms with Crippen LogP contribution in [0.15, 0.2) is 88.0 Å². The summed E-state index contributed by atoms with van der Waals surface area (Å²) in [6, 6.07) is 21.4. The third-order valence-corrected chi connectivity index (χ3v) is 4.52. The summed E-state index contributed by atoms with van der Waals surface area (Å²) >= 11 is 11.8. The Hall–Kier alpha value is -3.48. The summed E-state index contributed by atoms with van der Waals surface area (Å²) in [6.07, 6.45) is 3.15. The van der Waals surface area contributed by atoms with Gasteiger partial charge in [0.05, 0.1) is 12.4 Å². The molecule has 0 aliphatic heterocycles. The van der Waals surface area contributed by atoms with E-state index in [0.717, 1.165) is 16.7 Å². The van der Waals surface area contributed by atoms with Crippen LogP contribution in [0.3, 0.4) is 0 Å². The summed E-state index contributed by atoms with van der Waals surface area (Å²) in [7, 11) is 0. The number of carbonyl (C=O) groups excluding carboxylic acids is 1. The molecule has 0 aromatic heterocycles. The highest BCUT2D eigenvalue weighted by Gasteiger charge is 2.06. The number of aryl methyl sites for hydroxylation is 1. The molecule has 3 aromatic carbocycles. The first-order chi connectivity index (χ1) is 15.0. The Bertz CT molecular complexity index is 1050. The molecule has 0 bridgehead atoms. The van der Waals surface area contributed by atoms with E-state index in [9.17, 15) is 4.79 Å². The minimum atomic E-state index is -0.432. The minimum absolute atomic E-state index is 0.0704. The van der Waals surface area contributed by atoms with Crippen molar-refractivity contribution in [3.8, 4) is 0 Å². The molecule has 0 radical (unpaired) electrons. The van der Waals surface area contributed by atoms with Crippen LogP contribution in [0, 0.1) is 6.92 Å². The monoisotopic (exact) mass is 451 g/mol. The van der Waals surface area contributed by atoms with Gasteiger partial charge in [-0.1, -0.05) is 65.2 Å². The largest absolute Gasteiger partial charge is 0.280 e. The van der Waals surface area contributed by atoms with Crippen LogP contribution in [0.5, 0.6) is 0 Å². The Morgan fingerprint density at radius 1 is 0.742 bits per heavy atom. The number of halogens is 2. The summed E-state index contributed by atoms with van der Waals surface area (Å²) in [5.74, 6) is -0.362. The van der Waals surface area contributed by atoms with Crippen LogP contribution in [0.4, 0.5) is 0 Å². The normalized spacial score (nSPS) is 10.9. The van der Waals surface area contributed by atoms with Crippen LogP contribution in [-0.4, -0.2) is 24.3 Å². The number of amides is 1. The van der Waals surface area contributed by atoms with Gasteiger partial charge in [-0.15, -0.1) is 0 Å². The second kappa shape index (κ2) is 11.1. The molecular weight excluding hydrogens is 433 g/mol. The molecule has 2 N–H and O–H groups in total. The summed E-state index contributed by atoms with van der Waals surface area (Å²) in [4.78, 5) is 16.6. The molecule has 156 valence electrons. The Morgan fingerprint density at radius 3 is 1.65 bits per heavy atom. The van der Waals surface area contributed by atoms with E-state index in [2.05, 4.69) is 26.0 Å². The minimum Gasteiger partial charge on any atom is -0.267 e. The van der Waals surface area contributed by atoms with Crippen LogP contribution in [0.1, 0.15) is 27.0 Å². The quantitative estimate of drug-likeness (QED) is 0.323. The predicted molar refractivity (Wildman–Crippen MR) is 127 cm³/mol. The number of rotatable bonds is 5. The smallest absolute Gasteiger partial charge is 0.267 e. The molecular formula is C23H19Cl2N5O. The number of nitrogens with one attached hydrogen (secondary N) is 2. The van der Waals surface area contributed by atoms with Crippen molar-refractivity contribution in [2.45, 2.75) is 6.92 Å². The van der Waals surface area contributed by atoms with Crippen molar-refractivity contribution in [2.75, 3.05) is 0 Å². The van der Waals surface area contributed by atoms with E-state index in [1.54, 1.807) is 48.8 Å². The number of benzene rings is 3. The second-order valence-electron chi connectivity index (χ2n) is 6.47. The van der Waals surface area contributed by atoms with E-state index in [1.165, 1.54) is 0 Å². The summed E-state index contributed by atoms with van der Waals surface area (Å²) in [5, 5.41) is 9.50. The van der Waals surface area contributed by atoms with Crippen LogP contribution in [0.2, 0.25) is 10.0 Å². The zero-order valence-corrected chi connectivity index (χ0v) is 18.1. The maximum atomic E-state index is 12.5. The van der Waals surface area contributed by atoms with E-state index in [4.69, 9.17) is 23.2 Å². The third kappa shape index (κ3) is 7.37. The Morgan fingerprint density at radius 2 is 1.19 bits per heavy atom. The molecule has 0 fully saturated rings. The van der Waals surface area contributed by atoms with Crippen molar-refractivity contribution in [3.05, 3.63) is 105 Å². The molecule has 6 nitrogen and oxygen atoms in total. The number of hydrogen-bond donors (Lipinski definition) is 2. The molecule has 0 atom stereocenters. The number of hydrogen-bond acceptors (Lipinski definition) is 3. The molecule has 3 aromatic rings. The van der Waals surface area contributed by atoms with Crippen LogP contribution < -0.4 is 10.9 Å². The van der Waals surface area contributed by atoms with Crippen molar-refractivity contribution in [3.63, 3.8) is 0 Å². The molecule has 31 heavy (non-hydrogen) atoms. The summed E-state index contributed by atoms with van der Waals surface area (Å²) in [5.41, 5.74) is 8.58. The van der Waals surface area contributed by atoms with Gasteiger partial charge in [0.1, 0.15) is 0 Å². The van der Waals surface area contributed by atoms with Gasteiger partial charge >= 0.3 is 0 Å². The molecule has 0 saturated carbocycles. The fourth-order valence-corrected chi connectivity index (χ4v) is 2.62. The fourth-order valence-electron chi connectivity index (χ4n) is 2.37. The molecule has 0 heterocycles. The molecule has 0 unspecified atom stereocenters. The lowest BCUT2D eigenvalue weighted by molar-refractivity contribution is 0.100. The molecule has 0 aliphatic rings. The third-order valence-electron chi connectivity index (χ3n) is 4.02.